The summed E-state index contributed by atoms with van der Waals surface area (Å²) in [6, 6.07) is 0. The van der Waals surface area contributed by atoms with Gasteiger partial charge in [0.15, 0.2) is 0 Å². The van der Waals surface area contributed by atoms with Crippen molar-refractivity contribution < 1.29 is 4.74 Å². The Morgan fingerprint density at radius 3 is 2.83 bits per heavy atom. The van der Waals surface area contributed by atoms with Gasteiger partial charge in [-0.15, -0.1) is 12.4 Å². The van der Waals surface area contributed by atoms with Crippen LogP contribution in [0.1, 0.15) is 13.3 Å². The summed E-state index contributed by atoms with van der Waals surface area (Å²) in [4.78, 5) is 4.80. The molecular weight excluding hydrogens is 250 g/mol. The SMILES string of the molecule is CN(C)CC1CN(CC2(C)CCNC2)CCO1.Cl. The van der Waals surface area contributed by atoms with E-state index < -0.39 is 0 Å². The molecule has 4 nitrogen and oxygen atoms in total. The van der Waals surface area contributed by atoms with Crippen LogP contribution < -0.4 is 5.32 Å². The maximum absolute atomic E-state index is 5.82. The van der Waals surface area contributed by atoms with E-state index in [4.69, 9.17) is 4.74 Å². The van der Waals surface area contributed by atoms with Gasteiger partial charge >= 0.3 is 0 Å². The fourth-order valence-electron chi connectivity index (χ4n) is 2.99. The van der Waals surface area contributed by atoms with Crippen LogP contribution in [0.25, 0.3) is 0 Å². The van der Waals surface area contributed by atoms with Gasteiger partial charge < -0.3 is 15.0 Å². The van der Waals surface area contributed by atoms with Crippen LogP contribution in [0.2, 0.25) is 0 Å². The molecule has 108 valence electrons. The number of nitrogens with zero attached hydrogens (tertiary/aromatic N) is 2. The van der Waals surface area contributed by atoms with E-state index in [9.17, 15) is 0 Å². The molecule has 2 unspecified atom stereocenters. The molecule has 2 atom stereocenters. The Labute approximate surface area is 117 Å². The van der Waals surface area contributed by atoms with Crippen molar-refractivity contribution in [3.05, 3.63) is 0 Å². The molecule has 0 aromatic carbocycles. The molecule has 0 aromatic heterocycles. The van der Waals surface area contributed by atoms with E-state index in [1.165, 1.54) is 26.1 Å². The largest absolute Gasteiger partial charge is 0.374 e. The van der Waals surface area contributed by atoms with Crippen molar-refractivity contribution in [1.29, 1.82) is 0 Å². The molecule has 0 saturated carbocycles. The average molecular weight is 278 g/mol. The van der Waals surface area contributed by atoms with E-state index in [1.54, 1.807) is 0 Å². The van der Waals surface area contributed by atoms with Crippen LogP contribution in [0.3, 0.4) is 0 Å². The zero-order valence-electron chi connectivity index (χ0n) is 11.9. The third-order valence-corrected chi connectivity index (χ3v) is 3.85. The average Bonchev–Trinajstić information content (AvgIpc) is 2.64. The Morgan fingerprint density at radius 2 is 2.22 bits per heavy atom. The molecule has 2 fully saturated rings. The van der Waals surface area contributed by atoms with Crippen molar-refractivity contribution >= 4 is 12.4 Å². The number of halogens is 1. The Hall–Kier alpha value is 0.130. The molecule has 2 aliphatic heterocycles. The van der Waals surface area contributed by atoms with E-state index in [0.29, 0.717) is 11.5 Å². The normalized spacial score (nSPS) is 33.7. The van der Waals surface area contributed by atoms with Crippen molar-refractivity contribution in [3.63, 3.8) is 0 Å². The van der Waals surface area contributed by atoms with Crippen LogP contribution >= 0.6 is 12.4 Å². The lowest BCUT2D eigenvalue weighted by molar-refractivity contribution is -0.0469. The lowest BCUT2D eigenvalue weighted by atomic mass is 9.89. The summed E-state index contributed by atoms with van der Waals surface area (Å²) >= 11 is 0. The second kappa shape index (κ2) is 7.06. The topological polar surface area (TPSA) is 27.7 Å². The summed E-state index contributed by atoms with van der Waals surface area (Å²) in [5.41, 5.74) is 0.472. The predicted octanol–water partition coefficient (Wildman–Crippen LogP) is 0.670. The second-order valence-corrected chi connectivity index (χ2v) is 6.23. The van der Waals surface area contributed by atoms with Gasteiger partial charge in [0, 0.05) is 32.7 Å². The standard InChI is InChI=1S/C13H27N3O.ClH/c1-13(4-5-14-10-13)11-16-6-7-17-12(9-16)8-15(2)3;/h12,14H,4-11H2,1-3H3;1H. The van der Waals surface area contributed by atoms with Crippen LogP contribution in [0.4, 0.5) is 0 Å². The highest BCUT2D eigenvalue weighted by atomic mass is 35.5. The number of nitrogens with one attached hydrogen (secondary N) is 1. The highest BCUT2D eigenvalue weighted by Gasteiger charge is 2.32. The Morgan fingerprint density at radius 1 is 1.44 bits per heavy atom. The molecule has 2 saturated heterocycles. The van der Waals surface area contributed by atoms with Gasteiger partial charge in [-0.05, 0) is 32.5 Å². The van der Waals surface area contributed by atoms with Gasteiger partial charge in [0.05, 0.1) is 12.7 Å². The summed E-state index contributed by atoms with van der Waals surface area (Å²) < 4.78 is 5.82. The lowest BCUT2D eigenvalue weighted by Crippen LogP contribution is -2.49. The first kappa shape index (κ1) is 16.2. The van der Waals surface area contributed by atoms with E-state index in [-0.39, 0.29) is 12.4 Å². The molecule has 2 aliphatic rings. The maximum atomic E-state index is 5.82. The van der Waals surface area contributed by atoms with E-state index >= 15 is 0 Å². The van der Waals surface area contributed by atoms with Gasteiger partial charge in [0.2, 0.25) is 0 Å². The summed E-state index contributed by atoms with van der Waals surface area (Å²) in [5, 5.41) is 3.48. The van der Waals surface area contributed by atoms with Crippen molar-refractivity contribution in [2.45, 2.75) is 19.4 Å². The fraction of sp³-hybridized carbons (Fsp3) is 1.00. The lowest BCUT2D eigenvalue weighted by Gasteiger charge is -2.38. The summed E-state index contributed by atoms with van der Waals surface area (Å²) in [7, 11) is 4.23. The molecule has 2 rings (SSSR count). The molecule has 0 spiro atoms. The Balaban J connectivity index is 0.00000162. The minimum absolute atomic E-state index is 0. The molecule has 1 N–H and O–H groups in total. The number of hydrogen-bond acceptors (Lipinski definition) is 4. The number of rotatable bonds is 4. The molecule has 0 radical (unpaired) electrons. The van der Waals surface area contributed by atoms with Crippen molar-refractivity contribution in [2.24, 2.45) is 5.41 Å². The fourth-order valence-corrected chi connectivity index (χ4v) is 2.99. The van der Waals surface area contributed by atoms with E-state index in [1.807, 2.05) is 0 Å². The molecule has 0 aliphatic carbocycles. The monoisotopic (exact) mass is 277 g/mol. The molecule has 18 heavy (non-hydrogen) atoms. The number of likely N-dealkylation sites (N-methyl/N-ethyl adjacent to an activating group) is 1. The minimum atomic E-state index is 0. The van der Waals surface area contributed by atoms with Gasteiger partial charge in [0.1, 0.15) is 0 Å². The van der Waals surface area contributed by atoms with Crippen LogP contribution in [0.15, 0.2) is 0 Å². The Kier molecular flexibility index (Phi) is 6.35. The van der Waals surface area contributed by atoms with E-state index in [2.05, 4.69) is 36.1 Å². The van der Waals surface area contributed by atoms with Crippen molar-refractivity contribution in [3.8, 4) is 0 Å². The molecule has 0 aromatic rings. The third kappa shape index (κ3) is 4.67. The first-order valence-electron chi connectivity index (χ1n) is 6.77. The van der Waals surface area contributed by atoms with Gasteiger partial charge in [0.25, 0.3) is 0 Å². The molecule has 0 amide bonds. The first-order chi connectivity index (χ1) is 8.07. The van der Waals surface area contributed by atoms with Gasteiger partial charge in [-0.3, -0.25) is 4.90 Å². The van der Waals surface area contributed by atoms with Crippen LogP contribution in [0, 0.1) is 5.41 Å². The zero-order chi connectivity index (χ0) is 12.3. The molecule has 5 heteroatoms. The zero-order valence-corrected chi connectivity index (χ0v) is 12.8. The molecular formula is C13H28ClN3O. The van der Waals surface area contributed by atoms with Crippen molar-refractivity contribution in [1.82, 2.24) is 15.1 Å². The number of ether oxygens (including phenoxy) is 1. The van der Waals surface area contributed by atoms with Crippen LogP contribution in [-0.2, 0) is 4.74 Å². The first-order valence-corrected chi connectivity index (χ1v) is 6.77. The van der Waals surface area contributed by atoms with Gasteiger partial charge in [-0.1, -0.05) is 6.92 Å². The van der Waals surface area contributed by atoms with Crippen LogP contribution in [-0.4, -0.2) is 75.9 Å². The minimum Gasteiger partial charge on any atom is -0.374 e. The van der Waals surface area contributed by atoms with E-state index in [0.717, 1.165) is 26.2 Å². The third-order valence-electron chi connectivity index (χ3n) is 3.85. The highest BCUT2D eigenvalue weighted by molar-refractivity contribution is 5.85. The number of hydrogen-bond donors (Lipinski definition) is 1. The molecule has 0 bridgehead atoms. The highest BCUT2D eigenvalue weighted by Crippen LogP contribution is 2.26. The van der Waals surface area contributed by atoms with Crippen LogP contribution in [0.5, 0.6) is 0 Å². The maximum Gasteiger partial charge on any atom is 0.0829 e. The second-order valence-electron chi connectivity index (χ2n) is 6.23. The quantitative estimate of drug-likeness (QED) is 0.818. The van der Waals surface area contributed by atoms with Gasteiger partial charge in [-0.2, -0.15) is 0 Å². The summed E-state index contributed by atoms with van der Waals surface area (Å²) in [6.07, 6.45) is 1.69. The van der Waals surface area contributed by atoms with Crippen molar-refractivity contribution in [2.75, 3.05) is 60.0 Å². The predicted molar refractivity (Wildman–Crippen MR) is 77.6 cm³/mol. The summed E-state index contributed by atoms with van der Waals surface area (Å²) in [6.45, 7) is 10.1. The molecule has 2 heterocycles. The van der Waals surface area contributed by atoms with Gasteiger partial charge in [-0.25, -0.2) is 0 Å². The number of morpholine rings is 1. The smallest absolute Gasteiger partial charge is 0.0829 e. The Bertz CT molecular complexity index is 244. The summed E-state index contributed by atoms with van der Waals surface area (Å²) in [5.74, 6) is 0.